The molecule has 0 aliphatic heterocycles. The molecule has 0 saturated carbocycles. The van der Waals surface area contributed by atoms with E-state index in [-0.39, 0.29) is 6.61 Å². The number of ether oxygens (including phenoxy) is 1. The molecule has 7 heteroatoms. The number of nitrogens with two attached hydrogens (primary N) is 1. The standard InChI is InChI=1S/C13H23N3O3S/c1-8-9(6-13(5,14)7-17)20-10(15-8)16-11(18)19-12(2,3)4/h17H,6-7,14H2,1-5H3,(H,15,16,18). The molecular weight excluding hydrogens is 278 g/mol. The van der Waals surface area contributed by atoms with Crippen molar-refractivity contribution in [3.63, 3.8) is 0 Å². The molecule has 0 aliphatic carbocycles. The average molecular weight is 301 g/mol. The van der Waals surface area contributed by atoms with Crippen molar-refractivity contribution in [2.75, 3.05) is 11.9 Å². The fourth-order valence-corrected chi connectivity index (χ4v) is 2.60. The van der Waals surface area contributed by atoms with Crippen LogP contribution < -0.4 is 11.1 Å². The van der Waals surface area contributed by atoms with Gasteiger partial charge in [0.1, 0.15) is 5.60 Å². The van der Waals surface area contributed by atoms with Crippen LogP contribution in [-0.2, 0) is 11.2 Å². The van der Waals surface area contributed by atoms with E-state index in [1.165, 1.54) is 11.3 Å². The maximum atomic E-state index is 11.7. The molecule has 1 heterocycles. The number of aromatic nitrogens is 1. The highest BCUT2D eigenvalue weighted by Crippen LogP contribution is 2.26. The Labute approximate surface area is 123 Å². The molecule has 1 unspecified atom stereocenters. The molecule has 114 valence electrons. The van der Waals surface area contributed by atoms with E-state index in [1.54, 1.807) is 27.7 Å². The second kappa shape index (κ2) is 6.07. The molecule has 20 heavy (non-hydrogen) atoms. The topological polar surface area (TPSA) is 97.5 Å². The number of rotatable bonds is 4. The summed E-state index contributed by atoms with van der Waals surface area (Å²) < 4.78 is 5.16. The smallest absolute Gasteiger partial charge is 0.413 e. The number of nitrogens with one attached hydrogen (secondary N) is 1. The molecule has 0 fully saturated rings. The van der Waals surface area contributed by atoms with Gasteiger partial charge in [0.15, 0.2) is 5.13 Å². The molecule has 4 N–H and O–H groups in total. The minimum absolute atomic E-state index is 0.112. The van der Waals surface area contributed by atoms with E-state index >= 15 is 0 Å². The normalized spacial score (nSPS) is 14.8. The highest BCUT2D eigenvalue weighted by Gasteiger charge is 2.22. The van der Waals surface area contributed by atoms with Crippen LogP contribution in [0.4, 0.5) is 9.93 Å². The van der Waals surface area contributed by atoms with Gasteiger partial charge in [-0.2, -0.15) is 0 Å². The van der Waals surface area contributed by atoms with Crippen LogP contribution in [0.5, 0.6) is 0 Å². The summed E-state index contributed by atoms with van der Waals surface area (Å²) in [5, 5.41) is 12.3. The van der Waals surface area contributed by atoms with E-state index in [1.807, 2.05) is 6.92 Å². The number of hydrogen-bond donors (Lipinski definition) is 3. The van der Waals surface area contributed by atoms with Gasteiger partial charge >= 0.3 is 6.09 Å². The van der Waals surface area contributed by atoms with Gasteiger partial charge in [-0.05, 0) is 34.6 Å². The zero-order valence-corrected chi connectivity index (χ0v) is 13.4. The van der Waals surface area contributed by atoms with Gasteiger partial charge in [0.2, 0.25) is 0 Å². The number of carbonyl (C=O) groups is 1. The predicted octanol–water partition coefficient (Wildman–Crippen LogP) is 2.05. The summed E-state index contributed by atoms with van der Waals surface area (Å²) in [5.74, 6) is 0. The lowest BCUT2D eigenvalue weighted by atomic mass is 9.99. The summed E-state index contributed by atoms with van der Waals surface area (Å²) in [6.07, 6.45) is -0.0290. The quantitative estimate of drug-likeness (QED) is 0.790. The van der Waals surface area contributed by atoms with Gasteiger partial charge in [0.05, 0.1) is 12.3 Å². The number of nitrogens with zero attached hydrogens (tertiary/aromatic N) is 1. The zero-order chi connectivity index (χ0) is 15.6. The van der Waals surface area contributed by atoms with Crippen molar-refractivity contribution in [3.8, 4) is 0 Å². The third kappa shape index (κ3) is 5.44. The van der Waals surface area contributed by atoms with Gasteiger partial charge < -0.3 is 15.6 Å². The molecule has 0 spiro atoms. The highest BCUT2D eigenvalue weighted by molar-refractivity contribution is 7.15. The fourth-order valence-electron chi connectivity index (χ4n) is 1.46. The van der Waals surface area contributed by atoms with Crippen molar-refractivity contribution < 1.29 is 14.6 Å². The lowest BCUT2D eigenvalue weighted by Gasteiger charge is -2.20. The van der Waals surface area contributed by atoms with E-state index in [4.69, 9.17) is 10.5 Å². The van der Waals surface area contributed by atoms with Gasteiger partial charge in [-0.1, -0.05) is 0 Å². The van der Waals surface area contributed by atoms with Gasteiger partial charge in [0, 0.05) is 16.8 Å². The Morgan fingerprint density at radius 2 is 2.05 bits per heavy atom. The summed E-state index contributed by atoms with van der Waals surface area (Å²) in [6.45, 7) is 8.90. The Morgan fingerprint density at radius 3 is 2.55 bits per heavy atom. The van der Waals surface area contributed by atoms with Gasteiger partial charge in [0.25, 0.3) is 0 Å². The first-order chi connectivity index (χ1) is 9.02. The third-order valence-corrected chi connectivity index (χ3v) is 3.50. The SMILES string of the molecule is Cc1nc(NC(=O)OC(C)(C)C)sc1CC(C)(N)CO. The van der Waals surface area contributed by atoms with E-state index in [0.29, 0.717) is 11.6 Å². The van der Waals surface area contributed by atoms with Crippen molar-refractivity contribution in [3.05, 3.63) is 10.6 Å². The maximum Gasteiger partial charge on any atom is 0.413 e. The minimum atomic E-state index is -0.694. The largest absolute Gasteiger partial charge is 0.444 e. The Morgan fingerprint density at radius 1 is 1.45 bits per heavy atom. The molecule has 0 saturated heterocycles. The van der Waals surface area contributed by atoms with Crippen LogP contribution >= 0.6 is 11.3 Å². The monoisotopic (exact) mass is 301 g/mol. The van der Waals surface area contributed by atoms with Crippen LogP contribution in [0.3, 0.4) is 0 Å². The third-order valence-electron chi connectivity index (χ3n) is 2.43. The number of carbonyl (C=O) groups excluding carboxylic acids is 1. The highest BCUT2D eigenvalue weighted by atomic mass is 32.1. The van der Waals surface area contributed by atoms with Crippen LogP contribution in [0.25, 0.3) is 0 Å². The number of anilines is 1. The number of aryl methyl sites for hydroxylation is 1. The Bertz CT molecular complexity index is 478. The van der Waals surface area contributed by atoms with Crippen LogP contribution in [0.2, 0.25) is 0 Å². The van der Waals surface area contributed by atoms with Crippen molar-refractivity contribution in [1.82, 2.24) is 4.98 Å². The first-order valence-corrected chi connectivity index (χ1v) is 7.20. The zero-order valence-electron chi connectivity index (χ0n) is 12.6. The Hall–Kier alpha value is -1.18. The Balaban J connectivity index is 2.73. The molecule has 0 radical (unpaired) electrons. The van der Waals surface area contributed by atoms with Crippen molar-refractivity contribution in [2.24, 2.45) is 5.73 Å². The number of amides is 1. The molecule has 6 nitrogen and oxygen atoms in total. The molecule has 0 aliphatic rings. The summed E-state index contributed by atoms with van der Waals surface area (Å²) >= 11 is 1.34. The fraction of sp³-hybridized carbons (Fsp3) is 0.692. The summed E-state index contributed by atoms with van der Waals surface area (Å²) in [5.41, 5.74) is 5.48. The van der Waals surface area contributed by atoms with E-state index in [9.17, 15) is 9.90 Å². The number of thiazole rings is 1. The number of hydrogen-bond acceptors (Lipinski definition) is 6. The lowest BCUT2D eigenvalue weighted by molar-refractivity contribution is 0.0636. The van der Waals surface area contributed by atoms with Crippen LogP contribution in [0.15, 0.2) is 0 Å². The molecule has 1 atom stereocenters. The molecule has 0 bridgehead atoms. The van der Waals surface area contributed by atoms with Crippen LogP contribution in [-0.4, -0.2) is 33.9 Å². The molecule has 1 aromatic heterocycles. The van der Waals surface area contributed by atoms with Crippen LogP contribution in [0.1, 0.15) is 38.3 Å². The number of aliphatic hydroxyl groups is 1. The molecule has 1 rings (SSSR count). The second-order valence-electron chi connectivity index (χ2n) is 6.14. The summed E-state index contributed by atoms with van der Waals surface area (Å²) in [7, 11) is 0. The van der Waals surface area contributed by atoms with Crippen molar-refractivity contribution in [1.29, 1.82) is 0 Å². The molecular formula is C13H23N3O3S. The van der Waals surface area contributed by atoms with Gasteiger partial charge in [-0.3, -0.25) is 5.32 Å². The number of aliphatic hydroxyl groups excluding tert-OH is 1. The van der Waals surface area contributed by atoms with E-state index in [2.05, 4.69) is 10.3 Å². The first kappa shape index (κ1) is 16.9. The molecule has 1 amide bonds. The summed E-state index contributed by atoms with van der Waals surface area (Å²) in [4.78, 5) is 16.9. The first-order valence-electron chi connectivity index (χ1n) is 6.38. The molecule has 0 aromatic carbocycles. The summed E-state index contributed by atoms with van der Waals surface area (Å²) in [6, 6.07) is 0. The van der Waals surface area contributed by atoms with Crippen molar-refractivity contribution in [2.45, 2.75) is 52.2 Å². The van der Waals surface area contributed by atoms with E-state index < -0.39 is 17.2 Å². The van der Waals surface area contributed by atoms with Crippen LogP contribution in [0, 0.1) is 6.92 Å². The van der Waals surface area contributed by atoms with Crippen molar-refractivity contribution >= 4 is 22.6 Å². The average Bonchev–Trinajstić information content (AvgIpc) is 2.55. The minimum Gasteiger partial charge on any atom is -0.444 e. The second-order valence-corrected chi connectivity index (χ2v) is 7.23. The van der Waals surface area contributed by atoms with E-state index in [0.717, 1.165) is 10.6 Å². The Kier molecular flexibility index (Phi) is 5.12. The molecule has 1 aromatic rings. The predicted molar refractivity (Wildman–Crippen MR) is 80.1 cm³/mol. The lowest BCUT2D eigenvalue weighted by Crippen LogP contribution is -2.42. The maximum absolute atomic E-state index is 11.7. The van der Waals surface area contributed by atoms with Gasteiger partial charge in [-0.15, -0.1) is 11.3 Å². The van der Waals surface area contributed by atoms with Gasteiger partial charge in [-0.25, -0.2) is 9.78 Å².